The monoisotopic (exact) mass is 302 g/mol. The summed E-state index contributed by atoms with van der Waals surface area (Å²) in [5.41, 5.74) is 1.31. The van der Waals surface area contributed by atoms with Gasteiger partial charge in [0.1, 0.15) is 0 Å². The fourth-order valence-corrected chi connectivity index (χ4v) is 2.59. The van der Waals surface area contributed by atoms with E-state index in [0.29, 0.717) is 15.5 Å². The van der Waals surface area contributed by atoms with E-state index in [-0.39, 0.29) is 0 Å². The van der Waals surface area contributed by atoms with E-state index in [1.54, 1.807) is 0 Å². The lowest BCUT2D eigenvalue weighted by Gasteiger charge is -2.11. The maximum atomic E-state index is 5.57. The van der Waals surface area contributed by atoms with Crippen LogP contribution in [0.25, 0.3) is 0 Å². The minimum absolute atomic E-state index is 0.454. The summed E-state index contributed by atoms with van der Waals surface area (Å²) in [5, 5.41) is 0. The molecule has 0 bridgehead atoms. The van der Waals surface area contributed by atoms with Gasteiger partial charge in [0.25, 0.3) is 0 Å². The molecule has 0 aliphatic carbocycles. The predicted molar refractivity (Wildman–Crippen MR) is 60.2 cm³/mol. The molecule has 66 valence electrons. The normalized spacial score (nSPS) is 18.1. The molecule has 0 saturated carbocycles. The second-order valence-electron chi connectivity index (χ2n) is 2.59. The van der Waals surface area contributed by atoms with Gasteiger partial charge in [0.15, 0.2) is 0 Å². The van der Waals surface area contributed by atoms with E-state index >= 15 is 0 Å². The molecule has 2 atom stereocenters. The van der Waals surface area contributed by atoms with E-state index in [9.17, 15) is 0 Å². The lowest BCUT2D eigenvalue weighted by molar-refractivity contribution is 0.836. The van der Waals surface area contributed by atoms with Gasteiger partial charge in [-0.25, -0.2) is 0 Å². The number of alkyl halides is 3. The molecule has 0 nitrogen and oxygen atoms in total. The van der Waals surface area contributed by atoms with Crippen molar-refractivity contribution in [1.82, 2.24) is 0 Å². The van der Waals surface area contributed by atoms with Crippen molar-refractivity contribution in [3.63, 3.8) is 0 Å². The van der Waals surface area contributed by atoms with E-state index in [0.717, 1.165) is 6.42 Å². The van der Waals surface area contributed by atoms with Gasteiger partial charge in [0, 0.05) is 15.5 Å². The first-order chi connectivity index (χ1) is 5.07. The van der Waals surface area contributed by atoms with Crippen LogP contribution in [0.1, 0.15) is 20.3 Å². The molecule has 0 aromatic rings. The van der Waals surface area contributed by atoms with Crippen LogP contribution in [0.4, 0.5) is 0 Å². The maximum absolute atomic E-state index is 5.57. The molecule has 0 amide bonds. The van der Waals surface area contributed by atoms with Crippen molar-refractivity contribution in [2.24, 2.45) is 0 Å². The third-order valence-corrected chi connectivity index (χ3v) is 3.05. The molecule has 0 saturated heterocycles. The molecule has 0 N–H and O–H groups in total. The minimum atomic E-state index is 0.454. The highest BCUT2D eigenvalue weighted by Gasteiger charge is 2.08. The summed E-state index contributed by atoms with van der Waals surface area (Å²) in [6, 6.07) is 0. The van der Waals surface area contributed by atoms with E-state index in [1.807, 2.05) is 6.08 Å². The average Bonchev–Trinajstić information content (AvgIpc) is 1.86. The molecule has 0 aromatic heterocycles. The first kappa shape index (κ1) is 12.0. The number of hydrogen-bond acceptors (Lipinski definition) is 0. The Hall–Kier alpha value is 0.990. The number of halogens is 3. The van der Waals surface area contributed by atoms with Crippen LogP contribution in [0, 0.1) is 0 Å². The summed E-state index contributed by atoms with van der Waals surface area (Å²) in [6.07, 6.45) is 3.13. The predicted octanol–water partition coefficient (Wildman–Crippen LogP) is 4.11. The fourth-order valence-electron chi connectivity index (χ4n) is 0.721. The Morgan fingerprint density at radius 2 is 2.09 bits per heavy atom. The van der Waals surface area contributed by atoms with E-state index in [2.05, 4.69) is 45.7 Å². The highest BCUT2D eigenvalue weighted by Crippen LogP contribution is 2.20. The van der Waals surface area contributed by atoms with E-state index in [4.69, 9.17) is 11.6 Å². The summed E-state index contributed by atoms with van der Waals surface area (Å²) in [6.45, 7) is 4.24. The Bertz CT molecular complexity index is 132. The zero-order valence-corrected chi connectivity index (χ0v) is 10.7. The van der Waals surface area contributed by atoms with Crippen LogP contribution in [0.3, 0.4) is 0 Å². The van der Waals surface area contributed by atoms with E-state index < -0.39 is 0 Å². The van der Waals surface area contributed by atoms with Crippen LogP contribution in [-0.2, 0) is 0 Å². The molecule has 0 radical (unpaired) electrons. The smallest absolute Gasteiger partial charge is 0.0407 e. The summed E-state index contributed by atoms with van der Waals surface area (Å²) in [5.74, 6) is 0.602. The van der Waals surface area contributed by atoms with Crippen LogP contribution in [0.5, 0.6) is 0 Å². The average molecular weight is 304 g/mol. The largest absolute Gasteiger partial charge is 0.122 e. The Balaban J connectivity index is 3.82. The molecule has 0 rings (SSSR count). The van der Waals surface area contributed by atoms with Gasteiger partial charge in [-0.05, 0) is 13.3 Å². The topological polar surface area (TPSA) is 0 Å². The lowest BCUT2D eigenvalue weighted by Crippen LogP contribution is -2.05. The second-order valence-corrected chi connectivity index (χ2v) is 5.56. The standard InChI is InChI=1S/C8H13Br2Cl/c1-6(3-4-11)8(10)5-7(2)9/h3,7-8H,4-5H2,1-2H3/b6-3+. The number of allylic oxidation sites excluding steroid dienone is 2. The third-order valence-electron chi connectivity index (χ3n) is 1.42. The molecule has 0 heterocycles. The quantitative estimate of drug-likeness (QED) is 0.542. The Kier molecular flexibility index (Phi) is 7.08. The van der Waals surface area contributed by atoms with Crippen molar-refractivity contribution >= 4 is 43.5 Å². The van der Waals surface area contributed by atoms with Gasteiger partial charge in [-0.3, -0.25) is 0 Å². The third kappa shape index (κ3) is 6.18. The van der Waals surface area contributed by atoms with Crippen molar-refractivity contribution in [3.8, 4) is 0 Å². The second kappa shape index (κ2) is 6.50. The zero-order chi connectivity index (χ0) is 8.85. The highest BCUT2D eigenvalue weighted by atomic mass is 79.9. The van der Waals surface area contributed by atoms with E-state index in [1.165, 1.54) is 5.57 Å². The SMILES string of the molecule is C/C(=C\CCl)C(Br)CC(C)Br. The van der Waals surface area contributed by atoms with Gasteiger partial charge in [0.2, 0.25) is 0 Å². The summed E-state index contributed by atoms with van der Waals surface area (Å²) >= 11 is 12.7. The molecule has 0 fully saturated rings. The molecule has 0 aliphatic rings. The van der Waals surface area contributed by atoms with Crippen LogP contribution in [0.2, 0.25) is 0 Å². The Morgan fingerprint density at radius 1 is 1.55 bits per heavy atom. The van der Waals surface area contributed by atoms with Gasteiger partial charge in [-0.2, -0.15) is 0 Å². The van der Waals surface area contributed by atoms with Crippen LogP contribution >= 0.6 is 43.5 Å². The summed E-state index contributed by atoms with van der Waals surface area (Å²) < 4.78 is 0. The van der Waals surface area contributed by atoms with Crippen molar-refractivity contribution in [1.29, 1.82) is 0 Å². The van der Waals surface area contributed by atoms with Crippen molar-refractivity contribution < 1.29 is 0 Å². The minimum Gasteiger partial charge on any atom is -0.122 e. The molecule has 0 aromatic carbocycles. The fraction of sp³-hybridized carbons (Fsp3) is 0.750. The van der Waals surface area contributed by atoms with Crippen molar-refractivity contribution in [2.45, 2.75) is 29.9 Å². The molecular weight excluding hydrogens is 291 g/mol. The van der Waals surface area contributed by atoms with Gasteiger partial charge in [0.05, 0.1) is 0 Å². The van der Waals surface area contributed by atoms with Crippen LogP contribution < -0.4 is 0 Å². The highest BCUT2D eigenvalue weighted by molar-refractivity contribution is 9.10. The molecule has 11 heavy (non-hydrogen) atoms. The van der Waals surface area contributed by atoms with Crippen LogP contribution in [-0.4, -0.2) is 15.5 Å². The number of hydrogen-bond donors (Lipinski definition) is 0. The van der Waals surface area contributed by atoms with Gasteiger partial charge >= 0.3 is 0 Å². The zero-order valence-electron chi connectivity index (χ0n) is 6.78. The van der Waals surface area contributed by atoms with Crippen LogP contribution in [0.15, 0.2) is 11.6 Å². The summed E-state index contributed by atoms with van der Waals surface area (Å²) in [4.78, 5) is 1.00. The van der Waals surface area contributed by atoms with Gasteiger partial charge in [-0.15, -0.1) is 11.6 Å². The number of rotatable bonds is 4. The lowest BCUT2D eigenvalue weighted by atomic mass is 10.1. The summed E-state index contributed by atoms with van der Waals surface area (Å²) in [7, 11) is 0. The molecule has 0 spiro atoms. The van der Waals surface area contributed by atoms with Crippen molar-refractivity contribution in [3.05, 3.63) is 11.6 Å². The first-order valence-electron chi connectivity index (χ1n) is 3.58. The maximum Gasteiger partial charge on any atom is 0.0407 e. The molecule has 2 unspecified atom stereocenters. The first-order valence-corrected chi connectivity index (χ1v) is 5.95. The van der Waals surface area contributed by atoms with Crippen molar-refractivity contribution in [2.75, 3.05) is 5.88 Å². The molecular formula is C8H13Br2Cl. The Morgan fingerprint density at radius 3 is 2.45 bits per heavy atom. The Labute approximate surface area is 90.6 Å². The molecule has 0 aliphatic heterocycles. The van der Waals surface area contributed by atoms with Gasteiger partial charge < -0.3 is 0 Å². The molecule has 3 heteroatoms. The van der Waals surface area contributed by atoms with Gasteiger partial charge in [-0.1, -0.05) is 50.4 Å².